The van der Waals surface area contributed by atoms with E-state index in [0.717, 1.165) is 0 Å². The van der Waals surface area contributed by atoms with Crippen molar-refractivity contribution < 1.29 is 61.5 Å². The zero-order chi connectivity index (χ0) is 2.00. The van der Waals surface area contributed by atoms with Crippen molar-refractivity contribution in [1.82, 2.24) is 0 Å². The number of halogens is 2. The Morgan fingerprint density at radius 1 is 1.00 bits per heavy atom. The molecule has 0 N–H and O–H groups in total. The van der Waals surface area contributed by atoms with Crippen molar-refractivity contribution >= 4 is 0 Å². The van der Waals surface area contributed by atoms with E-state index in [0.29, 0.717) is 24.7 Å². The third-order valence-electron chi connectivity index (χ3n) is 0. The molecule has 0 fully saturated rings. The van der Waals surface area contributed by atoms with Crippen molar-refractivity contribution in [3.8, 4) is 0 Å². The van der Waals surface area contributed by atoms with Crippen LogP contribution in [0.2, 0.25) is 0 Å². The van der Waals surface area contributed by atoms with Gasteiger partial charge < -0.3 is 34.0 Å². The molecule has 4 heavy (non-hydrogen) atoms. The molecule has 0 heterocycles. The summed E-state index contributed by atoms with van der Waals surface area (Å²) in [4.78, 5) is 0. The summed E-state index contributed by atoms with van der Waals surface area (Å²) in [6.07, 6.45) is 0. The standard InChI is InChI=1S/2BrH.O.Zr/h2*1H;;/q;;;+2/p-2. The van der Waals surface area contributed by atoms with Crippen molar-refractivity contribution in [2.45, 2.75) is 0 Å². The molecule has 0 saturated heterocycles. The summed E-state index contributed by atoms with van der Waals surface area (Å²) in [6, 6.07) is 0. The Hall–Kier alpha value is 1.64. The van der Waals surface area contributed by atoms with Gasteiger partial charge in [0.25, 0.3) is 0 Å². The van der Waals surface area contributed by atoms with Crippen molar-refractivity contribution in [3.05, 3.63) is 0 Å². The molecule has 0 radical (unpaired) electrons. The molecule has 0 bridgehead atoms. The maximum absolute atomic E-state index is 8.34. The van der Waals surface area contributed by atoms with E-state index in [1.165, 1.54) is 0 Å². The van der Waals surface area contributed by atoms with Gasteiger partial charge in [-0.15, -0.1) is 0 Å². The van der Waals surface area contributed by atoms with E-state index in [1.807, 2.05) is 0 Å². The Bertz CT molecular complexity index is 6.00. The molecule has 0 unspecified atom stereocenters. The molecular weight excluding hydrogens is 267 g/mol. The van der Waals surface area contributed by atoms with Crippen LogP contribution in [0.15, 0.2) is 0 Å². The molecule has 0 spiro atoms. The molecule has 0 saturated carbocycles. The molecule has 24 valence electrons. The summed E-state index contributed by atoms with van der Waals surface area (Å²) in [5.74, 6) is 0. The van der Waals surface area contributed by atoms with Gasteiger partial charge in [0.1, 0.15) is 0 Å². The zero-order valence-corrected chi connectivity index (χ0v) is 7.29. The van der Waals surface area contributed by atoms with E-state index in [-0.39, 0.29) is 34.0 Å². The van der Waals surface area contributed by atoms with Crippen LogP contribution in [-0.4, -0.2) is 0 Å². The van der Waals surface area contributed by atoms with Gasteiger partial charge in [0.15, 0.2) is 0 Å². The SMILES string of the molecule is [Br-].[Br-].[O]=[Zr+2]. The molecule has 0 aromatic carbocycles. The first-order chi connectivity index (χ1) is 1.00. The van der Waals surface area contributed by atoms with E-state index in [4.69, 9.17) is 2.81 Å². The van der Waals surface area contributed by atoms with Crippen LogP contribution in [0.25, 0.3) is 0 Å². The van der Waals surface area contributed by atoms with Crippen molar-refractivity contribution in [2.75, 3.05) is 0 Å². The van der Waals surface area contributed by atoms with Gasteiger partial charge in [0.05, 0.1) is 0 Å². The predicted octanol–water partition coefficient (Wildman–Crippen LogP) is -6.11. The van der Waals surface area contributed by atoms with E-state index in [1.54, 1.807) is 0 Å². The fourth-order valence-electron chi connectivity index (χ4n) is 0. The van der Waals surface area contributed by atoms with Crippen LogP contribution in [0.5, 0.6) is 0 Å². The topological polar surface area (TPSA) is 17.1 Å². The van der Waals surface area contributed by atoms with Crippen molar-refractivity contribution in [3.63, 3.8) is 0 Å². The fourth-order valence-corrected chi connectivity index (χ4v) is 0. The number of hydrogen-bond donors (Lipinski definition) is 0. The molecule has 0 atom stereocenters. The third-order valence-corrected chi connectivity index (χ3v) is 0. The number of rotatable bonds is 0. The Balaban J connectivity index is -0.00000000500. The van der Waals surface area contributed by atoms with Crippen LogP contribution in [0.4, 0.5) is 0 Å². The van der Waals surface area contributed by atoms with Crippen LogP contribution >= 0.6 is 0 Å². The fraction of sp³-hybridized carbons (Fsp3) is 0. The second kappa shape index (κ2) is 22.8. The van der Waals surface area contributed by atoms with E-state index < -0.39 is 0 Å². The Labute approximate surface area is 61.0 Å². The zero-order valence-electron chi connectivity index (χ0n) is 1.66. The normalized spacial score (nSPS) is 1.50. The molecule has 0 aromatic rings. The average Bonchev–Trinajstić information content (AvgIpc) is 1.00. The van der Waals surface area contributed by atoms with Crippen molar-refractivity contribution in [2.24, 2.45) is 0 Å². The van der Waals surface area contributed by atoms with E-state index in [9.17, 15) is 0 Å². The second-order valence-electron chi connectivity index (χ2n) is 0. The monoisotopic (exact) mass is 264 g/mol. The van der Waals surface area contributed by atoms with Crippen LogP contribution < -0.4 is 34.0 Å². The Morgan fingerprint density at radius 2 is 1.00 bits per heavy atom. The van der Waals surface area contributed by atoms with Gasteiger partial charge in [0, 0.05) is 0 Å². The van der Waals surface area contributed by atoms with Crippen LogP contribution in [0.3, 0.4) is 0 Å². The summed E-state index contributed by atoms with van der Waals surface area (Å²) < 4.78 is 8.34. The summed E-state index contributed by atoms with van der Waals surface area (Å²) in [5, 5.41) is 0. The van der Waals surface area contributed by atoms with Gasteiger partial charge in [-0.2, -0.15) is 0 Å². The molecule has 0 aliphatic rings. The minimum absolute atomic E-state index is 0. The van der Waals surface area contributed by atoms with Gasteiger partial charge in [0.2, 0.25) is 0 Å². The summed E-state index contributed by atoms with van der Waals surface area (Å²) in [7, 11) is 0. The maximum atomic E-state index is 8.34. The quantitative estimate of drug-likeness (QED) is 0.427. The molecule has 0 aliphatic heterocycles. The molecule has 4 heteroatoms. The molecule has 0 aliphatic carbocycles. The van der Waals surface area contributed by atoms with Gasteiger partial charge in [-0.25, -0.2) is 0 Å². The second-order valence-corrected chi connectivity index (χ2v) is 0. The first kappa shape index (κ1) is 17.4. The van der Waals surface area contributed by atoms with Gasteiger partial charge >= 0.3 is 27.5 Å². The van der Waals surface area contributed by atoms with Crippen molar-refractivity contribution in [1.29, 1.82) is 0 Å². The van der Waals surface area contributed by atoms with Gasteiger partial charge in [-0.1, -0.05) is 0 Å². The first-order valence-corrected chi connectivity index (χ1v) is 1.21. The molecule has 1 nitrogen and oxygen atoms in total. The van der Waals surface area contributed by atoms with E-state index in [2.05, 4.69) is 0 Å². The summed E-state index contributed by atoms with van der Waals surface area (Å²) in [6.45, 7) is 0. The summed E-state index contributed by atoms with van der Waals surface area (Å²) >= 11 is 0.300. The molecule has 0 rings (SSSR count). The van der Waals surface area contributed by atoms with Crippen LogP contribution in [0.1, 0.15) is 0 Å². The van der Waals surface area contributed by atoms with Crippen LogP contribution in [-0.2, 0) is 27.5 Å². The van der Waals surface area contributed by atoms with E-state index >= 15 is 0 Å². The molecular formula is Br2OZr. The Kier molecular flexibility index (Phi) is 99.4. The Morgan fingerprint density at radius 3 is 1.00 bits per heavy atom. The number of hydrogen-bond acceptors (Lipinski definition) is 1. The van der Waals surface area contributed by atoms with Crippen LogP contribution in [0, 0.1) is 0 Å². The average molecular weight is 267 g/mol. The molecule has 0 aromatic heterocycles. The third kappa shape index (κ3) is 9.43. The predicted molar refractivity (Wildman–Crippen MR) is 0.686 cm³/mol. The van der Waals surface area contributed by atoms with Gasteiger partial charge in [-0.3, -0.25) is 0 Å². The summed E-state index contributed by atoms with van der Waals surface area (Å²) in [5.41, 5.74) is 0. The molecule has 0 amide bonds. The van der Waals surface area contributed by atoms with Gasteiger partial charge in [-0.05, 0) is 0 Å². The minimum atomic E-state index is 0. The first-order valence-electron chi connectivity index (χ1n) is 0.204.